The number of aromatic nitrogens is 3. The normalized spacial score (nSPS) is 19.9. The number of hydrogen-bond acceptors (Lipinski definition) is 3. The van der Waals surface area contributed by atoms with Crippen LogP contribution in [0.2, 0.25) is 5.02 Å². The Morgan fingerprint density at radius 2 is 1.74 bits per heavy atom. The number of halogens is 1. The molecule has 0 bridgehead atoms. The maximum atomic E-state index is 6.02. The van der Waals surface area contributed by atoms with Gasteiger partial charge in [0.15, 0.2) is 0 Å². The van der Waals surface area contributed by atoms with Crippen LogP contribution in [0.5, 0.6) is 0 Å². The van der Waals surface area contributed by atoms with Gasteiger partial charge in [0.2, 0.25) is 5.95 Å². The molecule has 1 aromatic heterocycles. The van der Waals surface area contributed by atoms with Gasteiger partial charge in [0.1, 0.15) is 6.33 Å². The highest BCUT2D eigenvalue weighted by Crippen LogP contribution is 2.37. The summed E-state index contributed by atoms with van der Waals surface area (Å²) in [6.07, 6.45) is 2.52. The van der Waals surface area contributed by atoms with Gasteiger partial charge in [-0.1, -0.05) is 53.6 Å². The van der Waals surface area contributed by atoms with Gasteiger partial charge in [0, 0.05) is 5.02 Å². The molecule has 0 saturated carbocycles. The van der Waals surface area contributed by atoms with Crippen LogP contribution in [0, 0.1) is 6.92 Å². The number of hydrogen-bond donors (Lipinski definition) is 1. The first-order chi connectivity index (χ1) is 11.2. The predicted octanol–water partition coefficient (Wildman–Crippen LogP) is 4.39. The van der Waals surface area contributed by atoms with Crippen molar-refractivity contribution in [2.45, 2.75) is 25.4 Å². The average Bonchev–Trinajstić information content (AvgIpc) is 3.04. The Hall–Kier alpha value is -2.33. The minimum absolute atomic E-state index is 0.150. The van der Waals surface area contributed by atoms with Gasteiger partial charge in [0.25, 0.3) is 0 Å². The van der Waals surface area contributed by atoms with Crippen LogP contribution in [0.3, 0.4) is 0 Å². The zero-order valence-electron chi connectivity index (χ0n) is 12.8. The highest BCUT2D eigenvalue weighted by molar-refractivity contribution is 6.30. The van der Waals surface area contributed by atoms with E-state index in [-0.39, 0.29) is 12.1 Å². The maximum Gasteiger partial charge on any atom is 0.222 e. The van der Waals surface area contributed by atoms with E-state index >= 15 is 0 Å². The van der Waals surface area contributed by atoms with Crippen molar-refractivity contribution in [1.82, 2.24) is 14.8 Å². The third-order valence-electron chi connectivity index (χ3n) is 4.37. The fourth-order valence-electron chi connectivity index (χ4n) is 3.10. The molecule has 2 heterocycles. The number of nitrogens with one attached hydrogen (secondary N) is 1. The molecule has 1 aliphatic rings. The van der Waals surface area contributed by atoms with Gasteiger partial charge in [-0.3, -0.25) is 0 Å². The first-order valence-corrected chi connectivity index (χ1v) is 8.06. The largest absolute Gasteiger partial charge is 0.348 e. The summed E-state index contributed by atoms with van der Waals surface area (Å²) in [5.41, 5.74) is 3.73. The van der Waals surface area contributed by atoms with Gasteiger partial charge in [-0.05, 0) is 36.6 Å². The molecule has 0 aliphatic carbocycles. The molecular formula is C18H17ClN4. The number of anilines is 1. The number of rotatable bonds is 2. The van der Waals surface area contributed by atoms with Crippen molar-refractivity contribution in [3.05, 3.63) is 76.6 Å². The Morgan fingerprint density at radius 3 is 2.48 bits per heavy atom. The van der Waals surface area contributed by atoms with E-state index in [2.05, 4.69) is 58.7 Å². The molecule has 23 heavy (non-hydrogen) atoms. The zero-order chi connectivity index (χ0) is 15.8. The zero-order valence-corrected chi connectivity index (χ0v) is 13.5. The van der Waals surface area contributed by atoms with Crippen molar-refractivity contribution >= 4 is 17.5 Å². The second kappa shape index (κ2) is 5.70. The van der Waals surface area contributed by atoms with E-state index in [1.54, 1.807) is 6.33 Å². The van der Waals surface area contributed by atoms with Crippen molar-refractivity contribution < 1.29 is 0 Å². The first-order valence-electron chi connectivity index (χ1n) is 7.69. The number of nitrogens with zero attached hydrogens (tertiary/aromatic N) is 3. The van der Waals surface area contributed by atoms with E-state index in [4.69, 9.17) is 11.6 Å². The lowest BCUT2D eigenvalue weighted by Gasteiger charge is -2.31. The summed E-state index contributed by atoms with van der Waals surface area (Å²) in [7, 11) is 0. The van der Waals surface area contributed by atoms with Crippen molar-refractivity contribution in [2.24, 2.45) is 0 Å². The molecule has 0 amide bonds. The molecular weight excluding hydrogens is 308 g/mol. The minimum atomic E-state index is 0.150. The van der Waals surface area contributed by atoms with Crippen LogP contribution in [-0.2, 0) is 0 Å². The first kappa shape index (κ1) is 14.3. The highest BCUT2D eigenvalue weighted by Gasteiger charge is 2.29. The van der Waals surface area contributed by atoms with Crippen LogP contribution in [0.15, 0.2) is 54.9 Å². The van der Waals surface area contributed by atoms with Gasteiger partial charge in [0.05, 0.1) is 12.1 Å². The van der Waals surface area contributed by atoms with E-state index in [0.717, 1.165) is 17.4 Å². The summed E-state index contributed by atoms with van der Waals surface area (Å²) >= 11 is 6.02. The molecule has 3 aromatic rings. The summed E-state index contributed by atoms with van der Waals surface area (Å²) in [6.45, 7) is 2.10. The van der Waals surface area contributed by atoms with Gasteiger partial charge in [-0.25, -0.2) is 4.68 Å². The fraction of sp³-hybridized carbons (Fsp3) is 0.222. The Balaban J connectivity index is 1.71. The molecule has 1 aliphatic heterocycles. The van der Waals surface area contributed by atoms with Gasteiger partial charge in [-0.2, -0.15) is 10.1 Å². The standard InChI is InChI=1S/C18H17ClN4/c1-12-2-4-13(5-3-12)16-10-17(14-6-8-15(19)9-7-14)23-18(22-16)20-11-21-23/h2-9,11,16-17H,10H2,1H3,(H,20,21,22)/t16-,17-/m1/s1. The molecule has 116 valence electrons. The summed E-state index contributed by atoms with van der Waals surface area (Å²) in [6, 6.07) is 17.0. The monoisotopic (exact) mass is 324 g/mol. The molecule has 4 rings (SSSR count). The van der Waals surface area contributed by atoms with Crippen molar-refractivity contribution in [2.75, 3.05) is 5.32 Å². The van der Waals surface area contributed by atoms with Crippen LogP contribution >= 0.6 is 11.6 Å². The Bertz CT molecular complexity index is 808. The van der Waals surface area contributed by atoms with Crippen LogP contribution in [0.25, 0.3) is 0 Å². The molecule has 0 unspecified atom stereocenters. The second-order valence-electron chi connectivity index (χ2n) is 5.94. The van der Waals surface area contributed by atoms with Gasteiger partial charge >= 0.3 is 0 Å². The number of aryl methyl sites for hydroxylation is 1. The van der Waals surface area contributed by atoms with E-state index in [1.165, 1.54) is 16.7 Å². The van der Waals surface area contributed by atoms with E-state index in [1.807, 2.05) is 16.8 Å². The smallest absolute Gasteiger partial charge is 0.222 e. The van der Waals surface area contributed by atoms with Crippen LogP contribution < -0.4 is 5.32 Å². The molecule has 5 heteroatoms. The minimum Gasteiger partial charge on any atom is -0.348 e. The number of benzene rings is 2. The van der Waals surface area contributed by atoms with Crippen molar-refractivity contribution in [3.63, 3.8) is 0 Å². The lowest BCUT2D eigenvalue weighted by Crippen LogP contribution is -2.28. The van der Waals surface area contributed by atoms with Crippen LogP contribution in [0.1, 0.15) is 35.2 Å². The molecule has 0 radical (unpaired) electrons. The van der Waals surface area contributed by atoms with E-state index in [9.17, 15) is 0 Å². The molecule has 2 aromatic carbocycles. The lowest BCUT2D eigenvalue weighted by atomic mass is 9.93. The van der Waals surface area contributed by atoms with Crippen LogP contribution in [0.4, 0.5) is 5.95 Å². The topological polar surface area (TPSA) is 42.7 Å². The summed E-state index contributed by atoms with van der Waals surface area (Å²) in [5, 5.41) is 8.62. The summed E-state index contributed by atoms with van der Waals surface area (Å²) in [5.74, 6) is 0.807. The fourth-order valence-corrected chi connectivity index (χ4v) is 3.23. The molecule has 2 atom stereocenters. The van der Waals surface area contributed by atoms with Gasteiger partial charge < -0.3 is 5.32 Å². The highest BCUT2D eigenvalue weighted by atomic mass is 35.5. The molecule has 0 saturated heterocycles. The lowest BCUT2D eigenvalue weighted by molar-refractivity contribution is 0.431. The summed E-state index contributed by atoms with van der Waals surface area (Å²) in [4.78, 5) is 4.36. The Morgan fingerprint density at radius 1 is 1.04 bits per heavy atom. The number of fused-ring (bicyclic) bond motifs is 1. The van der Waals surface area contributed by atoms with E-state index in [0.29, 0.717) is 0 Å². The maximum absolute atomic E-state index is 6.02. The molecule has 0 fully saturated rings. The summed E-state index contributed by atoms with van der Waals surface area (Å²) < 4.78 is 1.95. The third kappa shape index (κ3) is 2.70. The quantitative estimate of drug-likeness (QED) is 0.760. The van der Waals surface area contributed by atoms with Crippen molar-refractivity contribution in [3.8, 4) is 0 Å². The molecule has 4 nitrogen and oxygen atoms in total. The Kier molecular flexibility index (Phi) is 3.54. The SMILES string of the molecule is Cc1ccc([C@H]2C[C@H](c3ccc(Cl)cc3)n3ncnc3N2)cc1. The van der Waals surface area contributed by atoms with Crippen molar-refractivity contribution in [1.29, 1.82) is 0 Å². The average molecular weight is 325 g/mol. The Labute approximate surface area is 140 Å². The van der Waals surface area contributed by atoms with E-state index < -0.39 is 0 Å². The van der Waals surface area contributed by atoms with Crippen LogP contribution in [-0.4, -0.2) is 14.8 Å². The van der Waals surface area contributed by atoms with Gasteiger partial charge in [-0.15, -0.1) is 0 Å². The molecule has 0 spiro atoms. The third-order valence-corrected chi connectivity index (χ3v) is 4.62. The second-order valence-corrected chi connectivity index (χ2v) is 6.38. The predicted molar refractivity (Wildman–Crippen MR) is 91.8 cm³/mol. The molecule has 1 N–H and O–H groups in total.